The van der Waals surface area contributed by atoms with Gasteiger partial charge in [-0.15, -0.1) is 12.8 Å². The van der Waals surface area contributed by atoms with Crippen LogP contribution in [0.25, 0.3) is 0 Å². The number of hydrogen-bond donors (Lipinski definition) is 0. The number of ether oxygens (including phenoxy) is 3. The van der Waals surface area contributed by atoms with Crippen molar-refractivity contribution in [3.63, 3.8) is 0 Å². The number of terminal acetylenes is 2. The molecule has 0 N–H and O–H groups in total. The highest BCUT2D eigenvalue weighted by Crippen LogP contribution is 2.22. The fourth-order valence-corrected chi connectivity index (χ4v) is 2.66. The van der Waals surface area contributed by atoms with Crippen molar-refractivity contribution in [1.82, 2.24) is 0 Å². The van der Waals surface area contributed by atoms with Crippen molar-refractivity contribution in [3.05, 3.63) is 0 Å². The van der Waals surface area contributed by atoms with E-state index >= 15 is 0 Å². The van der Waals surface area contributed by atoms with Crippen molar-refractivity contribution in [3.8, 4) is 24.7 Å². The predicted molar refractivity (Wildman–Crippen MR) is 73.5 cm³/mol. The van der Waals surface area contributed by atoms with Gasteiger partial charge in [0.1, 0.15) is 12.2 Å². The van der Waals surface area contributed by atoms with Gasteiger partial charge in [-0.1, -0.05) is 11.8 Å². The van der Waals surface area contributed by atoms with Crippen LogP contribution in [0, 0.1) is 24.7 Å². The lowest BCUT2D eigenvalue weighted by molar-refractivity contribution is -0.0132. The van der Waals surface area contributed by atoms with Gasteiger partial charge < -0.3 is 14.2 Å². The van der Waals surface area contributed by atoms with Crippen molar-refractivity contribution < 1.29 is 14.2 Å². The molecule has 104 valence electrons. The molecule has 2 heterocycles. The molecular weight excluding hydrogens is 240 g/mol. The molecule has 0 aliphatic carbocycles. The molecule has 4 atom stereocenters. The van der Waals surface area contributed by atoms with E-state index in [-0.39, 0.29) is 24.4 Å². The first-order valence-electron chi connectivity index (χ1n) is 7.12. The summed E-state index contributed by atoms with van der Waals surface area (Å²) in [6.07, 6.45) is 16.8. The molecule has 0 spiro atoms. The van der Waals surface area contributed by atoms with Crippen molar-refractivity contribution in [1.29, 1.82) is 0 Å². The molecule has 0 aromatic heterocycles. The van der Waals surface area contributed by atoms with Crippen molar-refractivity contribution in [2.45, 2.75) is 62.9 Å². The third-order valence-electron chi connectivity index (χ3n) is 3.70. The zero-order valence-electron chi connectivity index (χ0n) is 11.3. The summed E-state index contributed by atoms with van der Waals surface area (Å²) in [6, 6.07) is 0. The Balaban J connectivity index is 1.77. The lowest BCUT2D eigenvalue weighted by Gasteiger charge is -2.22. The molecule has 2 saturated heterocycles. The lowest BCUT2D eigenvalue weighted by Crippen LogP contribution is -2.27. The minimum Gasteiger partial charge on any atom is -0.378 e. The standard InChI is InChI=1S/C16H22O3/c1-3-13(11-15-7-5-9-17-15)19-14(4-2)12-16-8-6-10-18-16/h1-2,13-16H,5-12H2. The third-order valence-corrected chi connectivity index (χ3v) is 3.70. The van der Waals surface area contributed by atoms with Crippen LogP contribution >= 0.6 is 0 Å². The molecule has 2 aliphatic heterocycles. The van der Waals surface area contributed by atoms with E-state index in [0.29, 0.717) is 0 Å². The van der Waals surface area contributed by atoms with Crippen LogP contribution in [0.4, 0.5) is 0 Å². The molecule has 0 aromatic rings. The fourth-order valence-electron chi connectivity index (χ4n) is 2.66. The SMILES string of the molecule is C#CC(CC1CCCO1)OC(C#C)CC1CCCO1. The largest absolute Gasteiger partial charge is 0.378 e. The van der Waals surface area contributed by atoms with Gasteiger partial charge in [0, 0.05) is 26.1 Å². The second kappa shape index (κ2) is 7.56. The van der Waals surface area contributed by atoms with E-state index in [2.05, 4.69) is 11.8 Å². The monoisotopic (exact) mass is 262 g/mol. The Morgan fingerprint density at radius 1 is 0.947 bits per heavy atom. The molecular formula is C16H22O3. The summed E-state index contributed by atoms with van der Waals surface area (Å²) in [5.74, 6) is 5.36. The predicted octanol–water partition coefficient (Wildman–Crippen LogP) is 2.14. The molecule has 3 nitrogen and oxygen atoms in total. The Morgan fingerprint density at radius 3 is 1.74 bits per heavy atom. The van der Waals surface area contributed by atoms with Gasteiger partial charge in [-0.3, -0.25) is 0 Å². The van der Waals surface area contributed by atoms with Crippen LogP contribution in [0.15, 0.2) is 0 Å². The molecule has 2 rings (SSSR count). The highest BCUT2D eigenvalue weighted by Gasteiger charge is 2.25. The van der Waals surface area contributed by atoms with Gasteiger partial charge in [-0.2, -0.15) is 0 Å². The fraction of sp³-hybridized carbons (Fsp3) is 0.750. The van der Waals surface area contributed by atoms with Gasteiger partial charge in [-0.25, -0.2) is 0 Å². The smallest absolute Gasteiger partial charge is 0.122 e. The molecule has 0 aromatic carbocycles. The molecule has 2 aliphatic rings. The summed E-state index contributed by atoms with van der Waals surface area (Å²) in [5.41, 5.74) is 0. The van der Waals surface area contributed by atoms with Gasteiger partial charge in [0.2, 0.25) is 0 Å². The summed E-state index contributed by atoms with van der Waals surface area (Å²) in [5, 5.41) is 0. The maximum atomic E-state index is 5.84. The van der Waals surface area contributed by atoms with Crippen LogP contribution in [-0.2, 0) is 14.2 Å². The maximum absolute atomic E-state index is 5.84. The van der Waals surface area contributed by atoms with Crippen LogP contribution in [0.1, 0.15) is 38.5 Å². The molecule has 2 fully saturated rings. The molecule has 19 heavy (non-hydrogen) atoms. The molecule has 0 radical (unpaired) electrons. The Hall–Kier alpha value is -1.00. The van der Waals surface area contributed by atoms with E-state index < -0.39 is 0 Å². The summed E-state index contributed by atoms with van der Waals surface area (Å²) in [7, 11) is 0. The van der Waals surface area contributed by atoms with Gasteiger partial charge in [0.15, 0.2) is 0 Å². The molecule has 4 unspecified atom stereocenters. The van der Waals surface area contributed by atoms with Gasteiger partial charge >= 0.3 is 0 Å². The molecule has 0 bridgehead atoms. The van der Waals surface area contributed by atoms with E-state index in [0.717, 1.165) is 51.7 Å². The first-order chi connectivity index (χ1) is 9.31. The summed E-state index contributed by atoms with van der Waals surface area (Å²) in [4.78, 5) is 0. The second-order valence-electron chi connectivity index (χ2n) is 5.19. The van der Waals surface area contributed by atoms with E-state index in [1.807, 2.05) is 0 Å². The topological polar surface area (TPSA) is 27.7 Å². The zero-order valence-corrected chi connectivity index (χ0v) is 11.3. The van der Waals surface area contributed by atoms with E-state index in [4.69, 9.17) is 27.1 Å². The Morgan fingerprint density at radius 2 is 1.42 bits per heavy atom. The van der Waals surface area contributed by atoms with Crippen molar-refractivity contribution in [2.75, 3.05) is 13.2 Å². The second-order valence-corrected chi connectivity index (χ2v) is 5.19. The van der Waals surface area contributed by atoms with Crippen LogP contribution in [0.5, 0.6) is 0 Å². The van der Waals surface area contributed by atoms with Crippen LogP contribution in [-0.4, -0.2) is 37.6 Å². The minimum absolute atomic E-state index is 0.224. The van der Waals surface area contributed by atoms with Gasteiger partial charge in [0.05, 0.1) is 12.2 Å². The molecule has 0 amide bonds. The highest BCUT2D eigenvalue weighted by atomic mass is 16.5. The minimum atomic E-state index is -0.259. The summed E-state index contributed by atoms with van der Waals surface area (Å²) >= 11 is 0. The zero-order chi connectivity index (χ0) is 13.5. The third kappa shape index (κ3) is 4.55. The van der Waals surface area contributed by atoms with Crippen LogP contribution in [0.3, 0.4) is 0 Å². The summed E-state index contributed by atoms with van der Waals surface area (Å²) < 4.78 is 17.0. The van der Waals surface area contributed by atoms with Crippen LogP contribution in [0.2, 0.25) is 0 Å². The lowest BCUT2D eigenvalue weighted by atomic mass is 10.1. The van der Waals surface area contributed by atoms with E-state index in [1.165, 1.54) is 0 Å². The Bertz CT molecular complexity index is 306. The quantitative estimate of drug-likeness (QED) is 0.686. The Labute approximate surface area is 116 Å². The normalized spacial score (nSPS) is 29.6. The highest BCUT2D eigenvalue weighted by molar-refractivity contribution is 5.02. The Kier molecular flexibility index (Phi) is 5.73. The molecule has 3 heteroatoms. The summed E-state index contributed by atoms with van der Waals surface area (Å²) in [6.45, 7) is 1.66. The first kappa shape index (κ1) is 14.4. The van der Waals surface area contributed by atoms with Crippen molar-refractivity contribution in [2.24, 2.45) is 0 Å². The van der Waals surface area contributed by atoms with Gasteiger partial charge in [0.25, 0.3) is 0 Å². The first-order valence-corrected chi connectivity index (χ1v) is 7.12. The number of hydrogen-bond acceptors (Lipinski definition) is 3. The van der Waals surface area contributed by atoms with Crippen molar-refractivity contribution >= 4 is 0 Å². The van der Waals surface area contributed by atoms with Crippen LogP contribution < -0.4 is 0 Å². The van der Waals surface area contributed by atoms with E-state index in [1.54, 1.807) is 0 Å². The van der Waals surface area contributed by atoms with Gasteiger partial charge in [-0.05, 0) is 25.7 Å². The van der Waals surface area contributed by atoms with E-state index in [9.17, 15) is 0 Å². The molecule has 0 saturated carbocycles. The average molecular weight is 262 g/mol. The average Bonchev–Trinajstić information content (AvgIpc) is 3.10. The number of rotatable bonds is 6. The maximum Gasteiger partial charge on any atom is 0.122 e.